The van der Waals surface area contributed by atoms with Gasteiger partial charge in [0.05, 0.1) is 17.4 Å². The molecule has 2 heterocycles. The van der Waals surface area contributed by atoms with Crippen LogP contribution in [0.5, 0.6) is 0 Å². The molecule has 1 unspecified atom stereocenters. The molecule has 2 aromatic rings. The molecule has 1 N–H and O–H groups in total. The van der Waals surface area contributed by atoms with Gasteiger partial charge >= 0.3 is 0 Å². The van der Waals surface area contributed by atoms with Gasteiger partial charge in [0.1, 0.15) is 0 Å². The molecule has 7 nitrogen and oxygen atoms in total. The van der Waals surface area contributed by atoms with Crippen LogP contribution in [0.4, 0.5) is 5.95 Å². The van der Waals surface area contributed by atoms with Crippen molar-refractivity contribution in [2.75, 3.05) is 19.0 Å². The number of nitrogens with one attached hydrogen (secondary N) is 1. The topological polar surface area (TPSA) is 83.9 Å². The van der Waals surface area contributed by atoms with Crippen molar-refractivity contribution in [1.29, 1.82) is 0 Å². The smallest absolute Gasteiger partial charge is 0.225 e. The zero-order chi connectivity index (χ0) is 16.9. The molecule has 0 fully saturated rings. The van der Waals surface area contributed by atoms with Crippen molar-refractivity contribution in [3.05, 3.63) is 41.7 Å². The largest absolute Gasteiger partial charge is 0.349 e. The number of fused-ring (bicyclic) bond motifs is 1. The third kappa shape index (κ3) is 3.84. The first-order valence-corrected chi connectivity index (χ1v) is 8.21. The number of anilines is 1. The number of amides is 1. The van der Waals surface area contributed by atoms with Crippen LogP contribution in [0, 0.1) is 0 Å². The summed E-state index contributed by atoms with van der Waals surface area (Å²) >= 11 is 0. The van der Waals surface area contributed by atoms with Gasteiger partial charge < -0.3 is 10.2 Å². The minimum atomic E-state index is -0.000630. The molecule has 0 aromatic carbocycles. The Kier molecular flexibility index (Phi) is 4.98. The summed E-state index contributed by atoms with van der Waals surface area (Å²) in [6.45, 7) is 0. The molecular formula is C17H22N6O. The van der Waals surface area contributed by atoms with Gasteiger partial charge in [-0.3, -0.25) is 14.8 Å². The van der Waals surface area contributed by atoms with Crippen molar-refractivity contribution < 1.29 is 4.79 Å². The van der Waals surface area contributed by atoms with Crippen molar-refractivity contribution in [3.8, 4) is 0 Å². The van der Waals surface area contributed by atoms with Crippen LogP contribution in [0.25, 0.3) is 0 Å². The molecule has 1 aliphatic rings. The van der Waals surface area contributed by atoms with E-state index in [1.54, 1.807) is 18.6 Å². The highest BCUT2D eigenvalue weighted by atomic mass is 16.1. The quantitative estimate of drug-likeness (QED) is 0.895. The molecule has 0 aliphatic heterocycles. The molecule has 0 spiro atoms. The maximum atomic E-state index is 12.3. The summed E-state index contributed by atoms with van der Waals surface area (Å²) in [7, 11) is 3.85. The van der Waals surface area contributed by atoms with Gasteiger partial charge in [0, 0.05) is 50.9 Å². The fourth-order valence-electron chi connectivity index (χ4n) is 2.87. The minimum absolute atomic E-state index is 0.000630. The lowest BCUT2D eigenvalue weighted by Crippen LogP contribution is -2.32. The van der Waals surface area contributed by atoms with Crippen LogP contribution in [0.15, 0.2) is 24.8 Å². The van der Waals surface area contributed by atoms with E-state index >= 15 is 0 Å². The van der Waals surface area contributed by atoms with Crippen molar-refractivity contribution >= 4 is 11.9 Å². The summed E-state index contributed by atoms with van der Waals surface area (Å²) in [4.78, 5) is 31.4. The molecule has 126 valence electrons. The monoisotopic (exact) mass is 326 g/mol. The molecule has 7 heteroatoms. The first-order chi connectivity index (χ1) is 11.6. The standard InChI is InChI=1S/C17H22N6O/c1-23(2)17-20-11-13-14(4-3-5-15(13)22-17)21-16(24)7-6-12-10-18-8-9-19-12/h8-11,14H,3-7H2,1-2H3,(H,21,24). The van der Waals surface area contributed by atoms with E-state index in [9.17, 15) is 4.79 Å². The Labute approximate surface area is 141 Å². The first kappa shape index (κ1) is 16.3. The Morgan fingerprint density at radius 1 is 1.29 bits per heavy atom. The second kappa shape index (κ2) is 7.33. The van der Waals surface area contributed by atoms with Gasteiger partial charge in [-0.05, 0) is 25.7 Å². The van der Waals surface area contributed by atoms with Crippen LogP contribution in [0.1, 0.15) is 42.3 Å². The van der Waals surface area contributed by atoms with Crippen LogP contribution in [-0.2, 0) is 17.6 Å². The van der Waals surface area contributed by atoms with E-state index in [0.29, 0.717) is 18.8 Å². The molecule has 0 saturated heterocycles. The summed E-state index contributed by atoms with van der Waals surface area (Å²) in [5.41, 5.74) is 2.91. The van der Waals surface area contributed by atoms with Crippen molar-refractivity contribution in [2.45, 2.75) is 38.1 Å². The molecule has 1 aliphatic carbocycles. The number of nitrogens with zero attached hydrogens (tertiary/aromatic N) is 5. The van der Waals surface area contributed by atoms with Crippen LogP contribution < -0.4 is 10.2 Å². The number of rotatable bonds is 5. The molecule has 24 heavy (non-hydrogen) atoms. The number of carbonyl (C=O) groups is 1. The predicted octanol–water partition coefficient (Wildman–Crippen LogP) is 1.46. The molecule has 1 atom stereocenters. The number of carbonyl (C=O) groups excluding carboxylic acids is 1. The summed E-state index contributed by atoms with van der Waals surface area (Å²) < 4.78 is 0. The Hall–Kier alpha value is -2.57. The van der Waals surface area contributed by atoms with E-state index in [1.165, 1.54) is 0 Å². The lowest BCUT2D eigenvalue weighted by molar-refractivity contribution is -0.121. The highest BCUT2D eigenvalue weighted by Crippen LogP contribution is 2.29. The average Bonchev–Trinajstić information content (AvgIpc) is 2.60. The Morgan fingerprint density at radius 2 is 2.17 bits per heavy atom. The average molecular weight is 326 g/mol. The zero-order valence-corrected chi connectivity index (χ0v) is 14.1. The van der Waals surface area contributed by atoms with Gasteiger partial charge in [-0.15, -0.1) is 0 Å². The van der Waals surface area contributed by atoms with Gasteiger partial charge in [-0.2, -0.15) is 0 Å². The number of aromatic nitrogens is 4. The number of hydrogen-bond acceptors (Lipinski definition) is 6. The fourth-order valence-corrected chi connectivity index (χ4v) is 2.87. The van der Waals surface area contributed by atoms with Crippen LogP contribution in [0.2, 0.25) is 0 Å². The van der Waals surface area contributed by atoms with Gasteiger partial charge in [-0.25, -0.2) is 9.97 Å². The highest BCUT2D eigenvalue weighted by Gasteiger charge is 2.24. The second-order valence-corrected chi connectivity index (χ2v) is 6.18. The van der Waals surface area contributed by atoms with Crippen LogP contribution in [-0.4, -0.2) is 39.9 Å². The lowest BCUT2D eigenvalue weighted by Gasteiger charge is -2.26. The lowest BCUT2D eigenvalue weighted by atomic mass is 9.92. The zero-order valence-electron chi connectivity index (χ0n) is 14.1. The van der Waals surface area contributed by atoms with Gasteiger partial charge in [-0.1, -0.05) is 0 Å². The molecule has 0 radical (unpaired) electrons. The Morgan fingerprint density at radius 3 is 2.92 bits per heavy atom. The predicted molar refractivity (Wildman–Crippen MR) is 90.5 cm³/mol. The van der Waals surface area contributed by atoms with E-state index in [4.69, 9.17) is 0 Å². The number of aryl methyl sites for hydroxylation is 2. The van der Waals surface area contributed by atoms with Crippen molar-refractivity contribution in [1.82, 2.24) is 25.3 Å². The van der Waals surface area contributed by atoms with Gasteiger partial charge in [0.15, 0.2) is 0 Å². The molecule has 0 saturated carbocycles. The first-order valence-electron chi connectivity index (χ1n) is 8.21. The van der Waals surface area contributed by atoms with Gasteiger partial charge in [0.2, 0.25) is 11.9 Å². The van der Waals surface area contributed by atoms with E-state index in [1.807, 2.05) is 25.2 Å². The third-order valence-electron chi connectivity index (χ3n) is 4.13. The number of hydrogen-bond donors (Lipinski definition) is 1. The third-order valence-corrected chi connectivity index (χ3v) is 4.13. The second-order valence-electron chi connectivity index (χ2n) is 6.18. The molecule has 0 bridgehead atoms. The van der Waals surface area contributed by atoms with Gasteiger partial charge in [0.25, 0.3) is 0 Å². The van der Waals surface area contributed by atoms with Crippen molar-refractivity contribution in [3.63, 3.8) is 0 Å². The highest BCUT2D eigenvalue weighted by molar-refractivity contribution is 5.76. The molecule has 1 amide bonds. The molecular weight excluding hydrogens is 304 g/mol. The van der Waals surface area contributed by atoms with Crippen LogP contribution in [0.3, 0.4) is 0 Å². The minimum Gasteiger partial charge on any atom is -0.349 e. The maximum Gasteiger partial charge on any atom is 0.225 e. The SMILES string of the molecule is CN(C)c1ncc2c(n1)CCCC2NC(=O)CCc1cnccn1. The van der Waals surface area contributed by atoms with E-state index < -0.39 is 0 Å². The Bertz CT molecular complexity index is 703. The summed E-state index contributed by atoms with van der Waals surface area (Å²) in [5, 5.41) is 3.11. The molecule has 2 aromatic heterocycles. The van der Waals surface area contributed by atoms with E-state index in [-0.39, 0.29) is 11.9 Å². The normalized spacial score (nSPS) is 16.3. The van der Waals surface area contributed by atoms with E-state index in [2.05, 4.69) is 25.3 Å². The van der Waals surface area contributed by atoms with Crippen molar-refractivity contribution in [2.24, 2.45) is 0 Å². The van der Waals surface area contributed by atoms with E-state index in [0.717, 1.165) is 36.2 Å². The maximum absolute atomic E-state index is 12.3. The summed E-state index contributed by atoms with van der Waals surface area (Å²) in [5.74, 6) is 0.735. The fraction of sp³-hybridized carbons (Fsp3) is 0.471. The summed E-state index contributed by atoms with van der Waals surface area (Å²) in [6, 6.07) is -0.000630. The summed E-state index contributed by atoms with van der Waals surface area (Å²) in [6.07, 6.45) is 10.7. The van der Waals surface area contributed by atoms with Crippen LogP contribution >= 0.6 is 0 Å². The Balaban J connectivity index is 1.63. The molecule has 3 rings (SSSR count).